The van der Waals surface area contributed by atoms with E-state index in [1.54, 1.807) is 0 Å². The van der Waals surface area contributed by atoms with Gasteiger partial charge in [0.15, 0.2) is 0 Å². The van der Waals surface area contributed by atoms with E-state index in [1.807, 2.05) is 62.7 Å². The second-order valence-electron chi connectivity index (χ2n) is 4.59. The van der Waals surface area contributed by atoms with E-state index in [0.717, 1.165) is 11.3 Å². The molecule has 0 saturated heterocycles. The summed E-state index contributed by atoms with van der Waals surface area (Å²) in [4.78, 5) is 2.08. The third-order valence-electron chi connectivity index (χ3n) is 2.92. The van der Waals surface area contributed by atoms with Crippen LogP contribution in [-0.4, -0.2) is 27.4 Å². The molecule has 0 saturated carbocycles. The zero-order chi connectivity index (χ0) is 13.7. The summed E-state index contributed by atoms with van der Waals surface area (Å²) in [5, 5.41) is 6.29. The van der Waals surface area contributed by atoms with Gasteiger partial charge in [0.1, 0.15) is 0 Å². The minimum atomic E-state index is 1.07. The lowest BCUT2D eigenvalue weighted by Crippen LogP contribution is -2.09. The van der Waals surface area contributed by atoms with E-state index in [2.05, 4.69) is 34.3 Å². The van der Waals surface area contributed by atoms with E-state index in [1.165, 1.54) is 5.69 Å². The fourth-order valence-corrected chi connectivity index (χ4v) is 1.72. The van der Waals surface area contributed by atoms with Crippen molar-refractivity contribution in [1.29, 1.82) is 0 Å². The van der Waals surface area contributed by atoms with Crippen LogP contribution in [0, 0.1) is 0 Å². The summed E-state index contributed by atoms with van der Waals surface area (Å²) >= 11 is 0. The molecule has 0 spiro atoms. The van der Waals surface area contributed by atoms with Crippen LogP contribution in [0.3, 0.4) is 0 Å². The number of anilines is 2. The van der Waals surface area contributed by atoms with Crippen LogP contribution in [0.5, 0.6) is 0 Å². The highest BCUT2D eigenvalue weighted by Crippen LogP contribution is 2.13. The molecule has 0 N–H and O–H groups in total. The predicted molar refractivity (Wildman–Crippen MR) is 83.2 cm³/mol. The molecule has 19 heavy (non-hydrogen) atoms. The van der Waals surface area contributed by atoms with E-state index < -0.39 is 0 Å². The fraction of sp³-hybridized carbons (Fsp3) is 0.188. The molecule has 0 radical (unpaired) electrons. The van der Waals surface area contributed by atoms with E-state index in [9.17, 15) is 0 Å². The van der Waals surface area contributed by atoms with Crippen molar-refractivity contribution in [3.8, 4) is 0 Å². The lowest BCUT2D eigenvalue weighted by atomic mass is 10.2. The van der Waals surface area contributed by atoms with Crippen molar-refractivity contribution >= 4 is 17.6 Å². The number of benzene rings is 2. The van der Waals surface area contributed by atoms with Crippen LogP contribution in [0.25, 0.3) is 0 Å². The molecular weight excluding hydrogens is 234 g/mol. The molecule has 0 heterocycles. The number of hydrazone groups is 1. The summed E-state index contributed by atoms with van der Waals surface area (Å²) in [5.41, 5.74) is 3.35. The van der Waals surface area contributed by atoms with Gasteiger partial charge in [-0.05, 0) is 29.8 Å². The highest BCUT2D eigenvalue weighted by Gasteiger charge is 1.97. The number of para-hydroxylation sites is 1. The van der Waals surface area contributed by atoms with Crippen LogP contribution in [0.15, 0.2) is 59.7 Å². The van der Waals surface area contributed by atoms with Gasteiger partial charge in [0.05, 0.1) is 11.9 Å². The van der Waals surface area contributed by atoms with Gasteiger partial charge in [0.25, 0.3) is 0 Å². The molecule has 0 atom stereocenters. The van der Waals surface area contributed by atoms with E-state index in [0.29, 0.717) is 0 Å². The predicted octanol–water partition coefficient (Wildman–Crippen LogP) is 3.22. The quantitative estimate of drug-likeness (QED) is 0.615. The second-order valence-corrected chi connectivity index (χ2v) is 4.59. The first-order valence-corrected chi connectivity index (χ1v) is 6.27. The third-order valence-corrected chi connectivity index (χ3v) is 2.92. The zero-order valence-corrected chi connectivity index (χ0v) is 11.6. The van der Waals surface area contributed by atoms with Crippen LogP contribution in [0.2, 0.25) is 0 Å². The Kier molecular flexibility index (Phi) is 4.18. The summed E-state index contributed by atoms with van der Waals surface area (Å²) in [6.45, 7) is 0. The Morgan fingerprint density at radius 1 is 0.789 bits per heavy atom. The minimum Gasteiger partial charge on any atom is -0.378 e. The highest BCUT2D eigenvalue weighted by molar-refractivity contribution is 5.81. The maximum Gasteiger partial charge on any atom is 0.0590 e. The van der Waals surface area contributed by atoms with Crippen molar-refractivity contribution in [3.05, 3.63) is 60.2 Å². The smallest absolute Gasteiger partial charge is 0.0590 e. The molecule has 3 nitrogen and oxygen atoms in total. The van der Waals surface area contributed by atoms with Crippen molar-refractivity contribution in [3.63, 3.8) is 0 Å². The van der Waals surface area contributed by atoms with Gasteiger partial charge in [-0.25, -0.2) is 0 Å². The van der Waals surface area contributed by atoms with Crippen LogP contribution in [0.4, 0.5) is 11.4 Å². The van der Waals surface area contributed by atoms with Gasteiger partial charge in [-0.3, -0.25) is 5.01 Å². The fourth-order valence-electron chi connectivity index (χ4n) is 1.72. The van der Waals surface area contributed by atoms with Crippen molar-refractivity contribution in [2.45, 2.75) is 0 Å². The number of nitrogens with zero attached hydrogens (tertiary/aromatic N) is 3. The first-order valence-electron chi connectivity index (χ1n) is 6.27. The minimum absolute atomic E-state index is 1.07. The monoisotopic (exact) mass is 253 g/mol. The Morgan fingerprint density at radius 2 is 1.42 bits per heavy atom. The molecule has 0 bridgehead atoms. The summed E-state index contributed by atoms with van der Waals surface area (Å²) in [7, 11) is 6.01. The van der Waals surface area contributed by atoms with Crippen LogP contribution >= 0.6 is 0 Å². The zero-order valence-electron chi connectivity index (χ0n) is 11.6. The van der Waals surface area contributed by atoms with E-state index in [-0.39, 0.29) is 0 Å². The maximum atomic E-state index is 4.43. The molecule has 0 amide bonds. The number of hydrogen-bond acceptors (Lipinski definition) is 3. The van der Waals surface area contributed by atoms with Gasteiger partial charge in [-0.15, -0.1) is 0 Å². The summed E-state index contributed by atoms with van der Waals surface area (Å²) in [5.74, 6) is 0. The molecule has 0 aromatic heterocycles. The Bertz CT molecular complexity index is 530. The molecule has 0 aliphatic carbocycles. The van der Waals surface area contributed by atoms with E-state index >= 15 is 0 Å². The SMILES string of the molecule is CN(C)c1ccc(/C=N/N(C)c2ccccc2)cc1. The number of hydrogen-bond donors (Lipinski definition) is 0. The van der Waals surface area contributed by atoms with Crippen molar-refractivity contribution in [1.82, 2.24) is 0 Å². The van der Waals surface area contributed by atoms with Crippen LogP contribution < -0.4 is 9.91 Å². The topological polar surface area (TPSA) is 18.8 Å². The second kappa shape index (κ2) is 6.05. The van der Waals surface area contributed by atoms with Gasteiger partial charge >= 0.3 is 0 Å². The van der Waals surface area contributed by atoms with Crippen molar-refractivity contribution in [2.75, 3.05) is 31.1 Å². The Hall–Kier alpha value is -2.29. The van der Waals surface area contributed by atoms with Gasteiger partial charge in [0.2, 0.25) is 0 Å². The molecule has 0 unspecified atom stereocenters. The summed E-state index contributed by atoms with van der Waals surface area (Å²) < 4.78 is 0. The molecule has 3 heteroatoms. The summed E-state index contributed by atoms with van der Waals surface area (Å²) in [6.07, 6.45) is 1.87. The lowest BCUT2D eigenvalue weighted by Gasteiger charge is -2.13. The largest absolute Gasteiger partial charge is 0.378 e. The molecule has 0 aliphatic rings. The highest BCUT2D eigenvalue weighted by atomic mass is 15.4. The standard InChI is InChI=1S/C16H19N3/c1-18(2)15-11-9-14(10-12-15)13-17-19(3)16-7-5-4-6-8-16/h4-13H,1-3H3/b17-13+. The lowest BCUT2D eigenvalue weighted by molar-refractivity contribution is 1.02. The normalized spacial score (nSPS) is 10.7. The molecule has 0 aliphatic heterocycles. The van der Waals surface area contributed by atoms with Gasteiger partial charge in [-0.2, -0.15) is 5.10 Å². The molecule has 98 valence electrons. The van der Waals surface area contributed by atoms with Crippen LogP contribution in [-0.2, 0) is 0 Å². The average molecular weight is 253 g/mol. The maximum absolute atomic E-state index is 4.43. The third kappa shape index (κ3) is 3.58. The van der Waals surface area contributed by atoms with Crippen molar-refractivity contribution in [2.24, 2.45) is 5.10 Å². The molecule has 2 aromatic rings. The van der Waals surface area contributed by atoms with Crippen LogP contribution in [0.1, 0.15) is 5.56 Å². The molecule has 0 fully saturated rings. The molecular formula is C16H19N3. The van der Waals surface area contributed by atoms with E-state index in [4.69, 9.17) is 0 Å². The Labute approximate surface area is 114 Å². The molecule has 2 aromatic carbocycles. The summed E-state index contributed by atoms with van der Waals surface area (Å²) in [6, 6.07) is 18.4. The first kappa shape index (κ1) is 13.1. The van der Waals surface area contributed by atoms with Gasteiger partial charge in [0, 0.05) is 26.8 Å². The molecule has 2 rings (SSSR count). The number of rotatable bonds is 4. The Balaban J connectivity index is 2.06. The van der Waals surface area contributed by atoms with Crippen molar-refractivity contribution < 1.29 is 0 Å². The van der Waals surface area contributed by atoms with Gasteiger partial charge < -0.3 is 4.90 Å². The Morgan fingerprint density at radius 3 is 2.00 bits per heavy atom. The van der Waals surface area contributed by atoms with Gasteiger partial charge in [-0.1, -0.05) is 30.3 Å². The first-order chi connectivity index (χ1) is 9.16. The average Bonchev–Trinajstić information content (AvgIpc) is 2.46.